The zero-order chi connectivity index (χ0) is 12.4. The zero-order valence-electron chi connectivity index (χ0n) is 9.75. The Balaban J connectivity index is 2.29. The van der Waals surface area contributed by atoms with E-state index in [1.165, 1.54) is 6.07 Å². The van der Waals surface area contributed by atoms with Gasteiger partial charge in [0.05, 0.1) is 17.8 Å². The van der Waals surface area contributed by atoms with Crippen LogP contribution in [0.25, 0.3) is 0 Å². The molecule has 0 bridgehead atoms. The van der Waals surface area contributed by atoms with Gasteiger partial charge in [0.15, 0.2) is 0 Å². The van der Waals surface area contributed by atoms with Crippen LogP contribution in [0.1, 0.15) is 44.3 Å². The topological polar surface area (TPSA) is 29.5 Å². The molecule has 0 heterocycles. The first-order valence-electron chi connectivity index (χ1n) is 5.91. The van der Waals surface area contributed by atoms with E-state index < -0.39 is 11.9 Å². The standard InChI is InChI=1S/C13H16BrFO2/c1-8(16)13-11(15)6-9(14)7-12(13)17-10-4-2-3-5-10/h6-8,10,16H,2-5H2,1H3/t8-/m1/s1. The molecule has 0 spiro atoms. The molecule has 1 atom stereocenters. The van der Waals surface area contributed by atoms with Crippen LogP contribution < -0.4 is 4.74 Å². The lowest BCUT2D eigenvalue weighted by atomic mass is 10.1. The second-order valence-electron chi connectivity index (χ2n) is 4.50. The van der Waals surface area contributed by atoms with Gasteiger partial charge in [0.25, 0.3) is 0 Å². The predicted octanol–water partition coefficient (Wildman–Crippen LogP) is 3.96. The molecule has 1 aliphatic carbocycles. The summed E-state index contributed by atoms with van der Waals surface area (Å²) in [7, 11) is 0. The van der Waals surface area contributed by atoms with E-state index in [0.29, 0.717) is 10.2 Å². The van der Waals surface area contributed by atoms with Crippen molar-refractivity contribution < 1.29 is 14.2 Å². The number of hydrogen-bond acceptors (Lipinski definition) is 2. The third kappa shape index (κ3) is 2.99. The van der Waals surface area contributed by atoms with Gasteiger partial charge < -0.3 is 9.84 Å². The van der Waals surface area contributed by atoms with Crippen LogP contribution >= 0.6 is 15.9 Å². The Morgan fingerprint density at radius 2 is 2.06 bits per heavy atom. The molecule has 1 saturated carbocycles. The van der Waals surface area contributed by atoms with E-state index in [2.05, 4.69) is 15.9 Å². The number of benzene rings is 1. The van der Waals surface area contributed by atoms with Gasteiger partial charge in [-0.05, 0) is 44.7 Å². The first-order valence-corrected chi connectivity index (χ1v) is 6.71. The van der Waals surface area contributed by atoms with Gasteiger partial charge in [0.2, 0.25) is 0 Å². The highest BCUT2D eigenvalue weighted by atomic mass is 79.9. The third-order valence-electron chi connectivity index (χ3n) is 3.07. The smallest absolute Gasteiger partial charge is 0.133 e. The summed E-state index contributed by atoms with van der Waals surface area (Å²) in [6.45, 7) is 1.55. The van der Waals surface area contributed by atoms with Gasteiger partial charge in [-0.25, -0.2) is 4.39 Å². The minimum absolute atomic E-state index is 0.154. The van der Waals surface area contributed by atoms with Gasteiger partial charge in [-0.1, -0.05) is 15.9 Å². The average Bonchev–Trinajstić information content (AvgIpc) is 2.68. The van der Waals surface area contributed by atoms with Crippen molar-refractivity contribution in [2.24, 2.45) is 0 Å². The molecule has 4 heteroatoms. The van der Waals surface area contributed by atoms with Crippen molar-refractivity contribution in [3.8, 4) is 5.75 Å². The Labute approximate surface area is 109 Å². The Kier molecular flexibility index (Phi) is 4.05. The number of rotatable bonds is 3. The maximum atomic E-state index is 13.8. The van der Waals surface area contributed by atoms with Crippen molar-refractivity contribution in [2.45, 2.75) is 44.8 Å². The van der Waals surface area contributed by atoms with Crippen molar-refractivity contribution >= 4 is 15.9 Å². The van der Waals surface area contributed by atoms with E-state index in [0.717, 1.165) is 25.7 Å². The first-order chi connectivity index (χ1) is 8.08. The summed E-state index contributed by atoms with van der Waals surface area (Å²) in [5.41, 5.74) is 0.250. The lowest BCUT2D eigenvalue weighted by molar-refractivity contribution is 0.169. The summed E-state index contributed by atoms with van der Waals surface area (Å²) >= 11 is 3.24. The van der Waals surface area contributed by atoms with Crippen molar-refractivity contribution in [1.29, 1.82) is 0 Å². The largest absolute Gasteiger partial charge is 0.490 e. The summed E-state index contributed by atoms with van der Waals surface area (Å²) in [5, 5.41) is 9.61. The Morgan fingerprint density at radius 1 is 1.41 bits per heavy atom. The maximum absolute atomic E-state index is 13.8. The van der Waals surface area contributed by atoms with Crippen LogP contribution in [0.3, 0.4) is 0 Å². The van der Waals surface area contributed by atoms with Crippen LogP contribution in [0.15, 0.2) is 16.6 Å². The summed E-state index contributed by atoms with van der Waals surface area (Å²) in [6.07, 6.45) is 3.62. The molecule has 1 fully saturated rings. The Morgan fingerprint density at radius 3 is 2.65 bits per heavy atom. The molecule has 0 aromatic heterocycles. The second kappa shape index (κ2) is 5.36. The number of aliphatic hydroxyl groups is 1. The highest BCUT2D eigenvalue weighted by Crippen LogP contribution is 2.34. The SMILES string of the molecule is C[C@@H](O)c1c(F)cc(Br)cc1OC1CCCC1. The molecular weight excluding hydrogens is 287 g/mol. The maximum Gasteiger partial charge on any atom is 0.133 e. The first kappa shape index (κ1) is 12.8. The van der Waals surface area contributed by atoms with Crippen LogP contribution in [0.2, 0.25) is 0 Å². The molecule has 0 amide bonds. The van der Waals surface area contributed by atoms with E-state index in [9.17, 15) is 9.50 Å². The van der Waals surface area contributed by atoms with Crippen molar-refractivity contribution in [3.05, 3.63) is 28.0 Å². The lowest BCUT2D eigenvalue weighted by Gasteiger charge is -2.18. The van der Waals surface area contributed by atoms with Gasteiger partial charge in [-0.15, -0.1) is 0 Å². The zero-order valence-corrected chi connectivity index (χ0v) is 11.3. The van der Waals surface area contributed by atoms with Gasteiger partial charge in [0, 0.05) is 4.47 Å². The summed E-state index contributed by atoms with van der Waals surface area (Å²) in [4.78, 5) is 0. The van der Waals surface area contributed by atoms with Gasteiger partial charge in [0.1, 0.15) is 11.6 Å². The normalized spacial score (nSPS) is 18.4. The number of halogens is 2. The minimum Gasteiger partial charge on any atom is -0.490 e. The monoisotopic (exact) mass is 302 g/mol. The van der Waals surface area contributed by atoms with Crippen molar-refractivity contribution in [1.82, 2.24) is 0 Å². The molecule has 0 saturated heterocycles. The van der Waals surface area contributed by atoms with Crippen LogP contribution in [-0.2, 0) is 0 Å². The Bertz CT molecular complexity index is 401. The van der Waals surface area contributed by atoms with E-state index >= 15 is 0 Å². The molecule has 1 aromatic carbocycles. The summed E-state index contributed by atoms with van der Waals surface area (Å²) < 4.78 is 20.2. The molecule has 2 nitrogen and oxygen atoms in total. The van der Waals surface area contributed by atoms with Crippen LogP contribution in [0, 0.1) is 5.82 Å². The minimum atomic E-state index is -0.862. The van der Waals surface area contributed by atoms with E-state index in [1.807, 2.05) is 0 Å². The quantitative estimate of drug-likeness (QED) is 0.915. The van der Waals surface area contributed by atoms with Crippen LogP contribution in [0.4, 0.5) is 4.39 Å². The molecule has 1 N–H and O–H groups in total. The molecule has 1 aromatic rings. The second-order valence-corrected chi connectivity index (χ2v) is 5.42. The van der Waals surface area contributed by atoms with E-state index in [-0.39, 0.29) is 11.7 Å². The number of aliphatic hydroxyl groups excluding tert-OH is 1. The molecule has 0 aliphatic heterocycles. The Hall–Kier alpha value is -0.610. The molecule has 2 rings (SSSR count). The highest BCUT2D eigenvalue weighted by Gasteiger charge is 2.21. The fourth-order valence-electron chi connectivity index (χ4n) is 2.25. The molecule has 1 aliphatic rings. The summed E-state index contributed by atoms with van der Waals surface area (Å²) in [6, 6.07) is 3.08. The highest BCUT2D eigenvalue weighted by molar-refractivity contribution is 9.10. The molecule has 17 heavy (non-hydrogen) atoms. The molecule has 94 valence electrons. The van der Waals surface area contributed by atoms with Crippen LogP contribution in [0.5, 0.6) is 5.75 Å². The van der Waals surface area contributed by atoms with Crippen LogP contribution in [-0.4, -0.2) is 11.2 Å². The third-order valence-corrected chi connectivity index (χ3v) is 3.53. The van der Waals surface area contributed by atoms with Crippen molar-refractivity contribution in [3.63, 3.8) is 0 Å². The van der Waals surface area contributed by atoms with E-state index in [1.54, 1.807) is 13.0 Å². The van der Waals surface area contributed by atoms with E-state index in [4.69, 9.17) is 4.74 Å². The fraction of sp³-hybridized carbons (Fsp3) is 0.538. The summed E-state index contributed by atoms with van der Waals surface area (Å²) in [5.74, 6) is 0.0288. The molecule has 0 radical (unpaired) electrons. The lowest BCUT2D eigenvalue weighted by Crippen LogP contribution is -2.13. The van der Waals surface area contributed by atoms with Crippen molar-refractivity contribution in [2.75, 3.05) is 0 Å². The predicted molar refractivity (Wildman–Crippen MR) is 67.6 cm³/mol. The molecule has 0 unspecified atom stereocenters. The number of ether oxygens (including phenoxy) is 1. The van der Waals surface area contributed by atoms with Gasteiger partial charge in [-0.3, -0.25) is 0 Å². The van der Waals surface area contributed by atoms with Gasteiger partial charge >= 0.3 is 0 Å². The average molecular weight is 303 g/mol. The fourth-order valence-corrected chi connectivity index (χ4v) is 2.66. The molecular formula is C13H16BrFO2. The number of hydrogen-bond donors (Lipinski definition) is 1. The van der Waals surface area contributed by atoms with Gasteiger partial charge in [-0.2, -0.15) is 0 Å².